The molecular formula is C22H22O3. The van der Waals surface area contributed by atoms with Crippen LogP contribution in [0.3, 0.4) is 0 Å². The fourth-order valence-electron chi connectivity index (χ4n) is 3.00. The maximum Gasteiger partial charge on any atom is 0.200 e. The molecule has 3 aromatic rings. The molecule has 0 amide bonds. The van der Waals surface area contributed by atoms with Gasteiger partial charge in [0.1, 0.15) is 22.5 Å². The first-order chi connectivity index (χ1) is 12.0. The monoisotopic (exact) mass is 334 g/mol. The molecule has 0 saturated heterocycles. The van der Waals surface area contributed by atoms with Gasteiger partial charge < -0.3 is 9.15 Å². The topological polar surface area (TPSA) is 39.4 Å². The smallest absolute Gasteiger partial charge is 0.200 e. The Morgan fingerprint density at radius 1 is 1.20 bits per heavy atom. The van der Waals surface area contributed by atoms with Gasteiger partial charge in [0.15, 0.2) is 5.43 Å². The Hall–Kier alpha value is -2.81. The molecule has 0 N–H and O–H groups in total. The van der Waals surface area contributed by atoms with E-state index in [1.54, 1.807) is 7.11 Å². The molecule has 0 fully saturated rings. The van der Waals surface area contributed by atoms with Gasteiger partial charge >= 0.3 is 0 Å². The van der Waals surface area contributed by atoms with Crippen LogP contribution in [0.2, 0.25) is 0 Å². The van der Waals surface area contributed by atoms with Crippen molar-refractivity contribution in [2.45, 2.75) is 26.7 Å². The first kappa shape index (κ1) is 17.0. The van der Waals surface area contributed by atoms with E-state index in [4.69, 9.17) is 9.15 Å². The van der Waals surface area contributed by atoms with Crippen LogP contribution in [0.1, 0.15) is 24.5 Å². The molecule has 0 aliphatic heterocycles. The molecule has 3 heteroatoms. The first-order valence-corrected chi connectivity index (χ1v) is 8.35. The van der Waals surface area contributed by atoms with Gasteiger partial charge in [-0.25, -0.2) is 0 Å². The van der Waals surface area contributed by atoms with E-state index in [1.807, 2.05) is 56.3 Å². The summed E-state index contributed by atoms with van der Waals surface area (Å²) in [6, 6.07) is 13.5. The summed E-state index contributed by atoms with van der Waals surface area (Å²) in [6.45, 7) is 7.88. The summed E-state index contributed by atoms with van der Waals surface area (Å²) in [5.41, 5.74) is 4.12. The van der Waals surface area contributed by atoms with Gasteiger partial charge in [0, 0.05) is 11.1 Å². The number of hydrogen-bond donors (Lipinski definition) is 0. The summed E-state index contributed by atoms with van der Waals surface area (Å²) in [7, 11) is 1.58. The summed E-state index contributed by atoms with van der Waals surface area (Å²) in [6.07, 6.45) is 1.33. The second-order valence-corrected chi connectivity index (χ2v) is 6.40. The van der Waals surface area contributed by atoms with E-state index in [0.29, 0.717) is 34.5 Å². The van der Waals surface area contributed by atoms with Crippen LogP contribution in [0.4, 0.5) is 0 Å². The minimum absolute atomic E-state index is 0.0294. The lowest BCUT2D eigenvalue weighted by molar-refractivity contribution is 0.418. The van der Waals surface area contributed by atoms with Crippen LogP contribution in [0.25, 0.3) is 22.3 Å². The summed E-state index contributed by atoms with van der Waals surface area (Å²) < 4.78 is 11.6. The van der Waals surface area contributed by atoms with Crippen LogP contribution >= 0.6 is 0 Å². The Morgan fingerprint density at radius 3 is 2.56 bits per heavy atom. The third-order valence-electron chi connectivity index (χ3n) is 4.26. The van der Waals surface area contributed by atoms with Crippen molar-refractivity contribution >= 4 is 11.0 Å². The zero-order chi connectivity index (χ0) is 18.0. The zero-order valence-electron chi connectivity index (χ0n) is 14.9. The van der Waals surface area contributed by atoms with Crippen molar-refractivity contribution in [3.05, 3.63) is 76.0 Å². The number of methoxy groups -OCH3 is 1. The maximum atomic E-state index is 13.3. The van der Waals surface area contributed by atoms with Crippen LogP contribution in [-0.2, 0) is 6.42 Å². The van der Waals surface area contributed by atoms with Gasteiger partial charge in [-0.15, -0.1) is 6.58 Å². The fourth-order valence-corrected chi connectivity index (χ4v) is 3.00. The fraction of sp³-hybridized carbons (Fsp3) is 0.227. The van der Waals surface area contributed by atoms with Gasteiger partial charge in [0.05, 0.1) is 7.11 Å². The zero-order valence-corrected chi connectivity index (χ0v) is 14.9. The highest BCUT2D eigenvalue weighted by atomic mass is 16.5. The average Bonchev–Trinajstić information content (AvgIpc) is 2.60. The molecule has 0 spiro atoms. The number of allylic oxidation sites excluding steroid dienone is 1. The number of benzene rings is 2. The van der Waals surface area contributed by atoms with Crippen molar-refractivity contribution in [1.29, 1.82) is 0 Å². The van der Waals surface area contributed by atoms with E-state index in [9.17, 15) is 4.79 Å². The minimum Gasteiger partial charge on any atom is -0.496 e. The molecule has 2 aromatic carbocycles. The van der Waals surface area contributed by atoms with Gasteiger partial charge in [0.25, 0.3) is 0 Å². The summed E-state index contributed by atoms with van der Waals surface area (Å²) in [5.74, 6) is 1.19. The SMILES string of the molecule is C=C(C)CCc1c(-c2ccccc2)oc2cc(C)cc(OC)c2c1=O. The van der Waals surface area contributed by atoms with E-state index in [-0.39, 0.29) is 5.43 Å². The molecule has 0 atom stereocenters. The second-order valence-electron chi connectivity index (χ2n) is 6.40. The summed E-state index contributed by atoms with van der Waals surface area (Å²) in [4.78, 5) is 13.3. The van der Waals surface area contributed by atoms with Crippen LogP contribution < -0.4 is 10.2 Å². The highest BCUT2D eigenvalue weighted by molar-refractivity contribution is 5.87. The van der Waals surface area contributed by atoms with E-state index in [0.717, 1.165) is 23.1 Å². The quantitative estimate of drug-likeness (QED) is 0.595. The lowest BCUT2D eigenvalue weighted by atomic mass is 9.98. The standard InChI is InChI=1S/C22H22O3/c1-14(2)10-11-17-21(23)20-18(24-4)12-15(3)13-19(20)25-22(17)16-8-6-5-7-9-16/h5-9,12-13H,1,10-11H2,2-4H3. The number of fused-ring (bicyclic) bond motifs is 1. The molecule has 3 rings (SSSR count). The molecular weight excluding hydrogens is 312 g/mol. The largest absolute Gasteiger partial charge is 0.496 e. The van der Waals surface area contributed by atoms with Crippen molar-refractivity contribution in [3.8, 4) is 17.1 Å². The predicted molar refractivity (Wildman–Crippen MR) is 102 cm³/mol. The number of rotatable bonds is 5. The second kappa shape index (κ2) is 6.98. The van der Waals surface area contributed by atoms with Crippen molar-refractivity contribution in [1.82, 2.24) is 0 Å². The van der Waals surface area contributed by atoms with Gasteiger partial charge in [-0.2, -0.15) is 0 Å². The number of hydrogen-bond acceptors (Lipinski definition) is 3. The highest BCUT2D eigenvalue weighted by Gasteiger charge is 2.19. The Kier molecular flexibility index (Phi) is 4.75. The Bertz CT molecular complexity index is 982. The van der Waals surface area contributed by atoms with Crippen LogP contribution in [0.5, 0.6) is 5.75 Å². The number of aryl methyl sites for hydroxylation is 1. The van der Waals surface area contributed by atoms with E-state index in [2.05, 4.69) is 6.58 Å². The average molecular weight is 334 g/mol. The predicted octanol–water partition coefficient (Wildman–Crippen LogP) is 5.29. The van der Waals surface area contributed by atoms with Crippen LogP contribution in [0, 0.1) is 6.92 Å². The Balaban J connectivity index is 2.34. The van der Waals surface area contributed by atoms with Gasteiger partial charge in [0.2, 0.25) is 0 Å². The lowest BCUT2D eigenvalue weighted by Gasteiger charge is -2.13. The molecule has 1 heterocycles. The van der Waals surface area contributed by atoms with Gasteiger partial charge in [-0.3, -0.25) is 4.79 Å². The molecule has 128 valence electrons. The maximum absolute atomic E-state index is 13.3. The van der Waals surface area contributed by atoms with E-state index < -0.39 is 0 Å². The number of ether oxygens (including phenoxy) is 1. The van der Waals surface area contributed by atoms with Crippen molar-refractivity contribution < 1.29 is 9.15 Å². The summed E-state index contributed by atoms with van der Waals surface area (Å²) in [5, 5.41) is 0.504. The minimum atomic E-state index is -0.0294. The van der Waals surface area contributed by atoms with Crippen molar-refractivity contribution in [2.24, 2.45) is 0 Å². The normalized spacial score (nSPS) is 10.8. The lowest BCUT2D eigenvalue weighted by Crippen LogP contribution is -2.12. The van der Waals surface area contributed by atoms with E-state index in [1.165, 1.54) is 0 Å². The first-order valence-electron chi connectivity index (χ1n) is 8.35. The molecule has 0 aliphatic rings. The van der Waals surface area contributed by atoms with E-state index >= 15 is 0 Å². The van der Waals surface area contributed by atoms with Gasteiger partial charge in [-0.1, -0.05) is 35.9 Å². The Morgan fingerprint density at radius 2 is 1.92 bits per heavy atom. The molecule has 0 bridgehead atoms. The molecule has 1 aromatic heterocycles. The van der Waals surface area contributed by atoms with Gasteiger partial charge in [-0.05, 0) is 44.4 Å². The molecule has 0 aliphatic carbocycles. The molecule has 0 radical (unpaired) electrons. The van der Waals surface area contributed by atoms with Crippen LogP contribution in [0.15, 0.2) is 63.8 Å². The van der Waals surface area contributed by atoms with Crippen molar-refractivity contribution in [3.63, 3.8) is 0 Å². The third kappa shape index (κ3) is 3.36. The molecule has 25 heavy (non-hydrogen) atoms. The van der Waals surface area contributed by atoms with Crippen molar-refractivity contribution in [2.75, 3.05) is 7.11 Å². The highest BCUT2D eigenvalue weighted by Crippen LogP contribution is 2.31. The molecule has 3 nitrogen and oxygen atoms in total. The Labute approximate surface area is 147 Å². The molecule has 0 unspecified atom stereocenters. The molecule has 0 saturated carbocycles. The summed E-state index contributed by atoms with van der Waals surface area (Å²) >= 11 is 0. The third-order valence-corrected chi connectivity index (χ3v) is 4.26. The van der Waals surface area contributed by atoms with Crippen LogP contribution in [-0.4, -0.2) is 7.11 Å².